The zero-order valence-corrected chi connectivity index (χ0v) is 23.6. The van der Waals surface area contributed by atoms with Crippen LogP contribution in [0.5, 0.6) is 0 Å². The van der Waals surface area contributed by atoms with E-state index in [0.717, 1.165) is 12.8 Å². The van der Waals surface area contributed by atoms with Crippen molar-refractivity contribution in [2.45, 2.75) is 38.6 Å². The van der Waals surface area contributed by atoms with Gasteiger partial charge in [0.2, 0.25) is 5.91 Å². The van der Waals surface area contributed by atoms with E-state index in [1.165, 1.54) is 24.1 Å². The topological polar surface area (TPSA) is 126 Å². The van der Waals surface area contributed by atoms with Crippen LogP contribution in [0.1, 0.15) is 47.2 Å². The molecule has 0 saturated carbocycles. The summed E-state index contributed by atoms with van der Waals surface area (Å²) < 4.78 is 20.5. The van der Waals surface area contributed by atoms with Gasteiger partial charge in [-0.15, -0.1) is 0 Å². The van der Waals surface area contributed by atoms with Crippen LogP contribution in [-0.4, -0.2) is 53.9 Å². The molecular formula is C29H32ClFN6O4. The van der Waals surface area contributed by atoms with Crippen LogP contribution in [-0.2, 0) is 9.53 Å². The number of hydrogen-bond donors (Lipinski definition) is 4. The van der Waals surface area contributed by atoms with Crippen molar-refractivity contribution in [1.82, 2.24) is 25.7 Å². The van der Waals surface area contributed by atoms with Gasteiger partial charge in [-0.1, -0.05) is 41.9 Å². The van der Waals surface area contributed by atoms with Crippen molar-refractivity contribution in [1.29, 1.82) is 0 Å². The van der Waals surface area contributed by atoms with Gasteiger partial charge in [0, 0.05) is 24.5 Å². The summed E-state index contributed by atoms with van der Waals surface area (Å²) in [5, 5.41) is 15.8. The van der Waals surface area contributed by atoms with Crippen molar-refractivity contribution in [2.75, 3.05) is 25.5 Å². The molecule has 0 radical (unpaired) electrons. The first-order valence-corrected chi connectivity index (χ1v) is 13.6. The van der Waals surface area contributed by atoms with Crippen molar-refractivity contribution in [3.63, 3.8) is 0 Å². The number of carbonyl (C=O) groups is 3. The average molecular weight is 583 g/mol. The second-order valence-electron chi connectivity index (χ2n) is 9.51. The lowest BCUT2D eigenvalue weighted by Gasteiger charge is -2.20. The first-order valence-electron chi connectivity index (χ1n) is 13.3. The Kier molecular flexibility index (Phi) is 9.96. The van der Waals surface area contributed by atoms with Crippen LogP contribution in [0.25, 0.3) is 11.4 Å². The minimum Gasteiger partial charge on any atom is -0.453 e. The molecule has 41 heavy (non-hydrogen) atoms. The molecule has 0 aliphatic carbocycles. The van der Waals surface area contributed by atoms with Gasteiger partial charge in [-0.3, -0.25) is 9.59 Å². The summed E-state index contributed by atoms with van der Waals surface area (Å²) in [7, 11) is 1.28. The Morgan fingerprint density at radius 2 is 2.02 bits per heavy atom. The molecule has 0 fully saturated rings. The quantitative estimate of drug-likeness (QED) is 0.337. The van der Waals surface area contributed by atoms with Gasteiger partial charge in [-0.25, -0.2) is 13.9 Å². The molecule has 1 aromatic heterocycles. The molecule has 3 aromatic rings. The molecule has 12 heteroatoms. The van der Waals surface area contributed by atoms with Crippen molar-refractivity contribution >= 4 is 40.9 Å². The van der Waals surface area contributed by atoms with Gasteiger partial charge in [-0.2, -0.15) is 5.10 Å². The third-order valence-electron chi connectivity index (χ3n) is 6.60. The van der Waals surface area contributed by atoms with E-state index in [2.05, 4.69) is 31.1 Å². The number of aryl methyl sites for hydroxylation is 1. The van der Waals surface area contributed by atoms with Crippen molar-refractivity contribution in [2.24, 2.45) is 0 Å². The van der Waals surface area contributed by atoms with Crippen molar-refractivity contribution < 1.29 is 23.5 Å². The number of fused-ring (bicyclic) bond motifs is 2. The summed E-state index contributed by atoms with van der Waals surface area (Å²) in [5.74, 6) is -1.15. The molecule has 10 nitrogen and oxygen atoms in total. The Morgan fingerprint density at radius 3 is 2.83 bits per heavy atom. The molecule has 2 bridgehead atoms. The molecule has 2 aromatic carbocycles. The van der Waals surface area contributed by atoms with Crippen molar-refractivity contribution in [3.05, 3.63) is 82.4 Å². The molecular weight excluding hydrogens is 551 g/mol. The number of aromatic nitrogens is 2. The maximum Gasteiger partial charge on any atom is 0.406 e. The first kappa shape index (κ1) is 29.6. The number of methoxy groups -OCH3 is 1. The molecule has 0 spiro atoms. The molecule has 4 N–H and O–H groups in total. The SMILES string of the molecule is COC(=O)NCC[C@@H]1Nc2cccc(c2)/C(NC(=O)c2cnn(-c3cccc(C)c3F)c2Cl)=C\CCCCNC1=O. The number of allylic oxidation sites excluding steroid dienone is 1. The Labute approximate surface area is 242 Å². The summed E-state index contributed by atoms with van der Waals surface area (Å²) >= 11 is 6.50. The highest BCUT2D eigenvalue weighted by atomic mass is 35.5. The predicted octanol–water partition coefficient (Wildman–Crippen LogP) is 4.57. The molecule has 2 heterocycles. The van der Waals surface area contributed by atoms with Gasteiger partial charge in [0.1, 0.15) is 16.9 Å². The van der Waals surface area contributed by atoms with E-state index in [-0.39, 0.29) is 28.9 Å². The number of nitrogens with zero attached hydrogens (tertiary/aromatic N) is 2. The van der Waals surface area contributed by atoms with Crippen LogP contribution in [0, 0.1) is 12.7 Å². The fraction of sp³-hybridized carbons (Fsp3) is 0.310. The van der Waals surface area contributed by atoms with E-state index < -0.39 is 23.9 Å². The van der Waals surface area contributed by atoms with Gasteiger partial charge >= 0.3 is 6.09 Å². The van der Waals surface area contributed by atoms with E-state index in [9.17, 15) is 18.8 Å². The average Bonchev–Trinajstić information content (AvgIpc) is 3.35. The van der Waals surface area contributed by atoms with E-state index in [0.29, 0.717) is 41.9 Å². The third kappa shape index (κ3) is 7.43. The number of amides is 3. The Hall–Kier alpha value is -4.38. The molecule has 3 amide bonds. The number of anilines is 1. The van der Waals surface area contributed by atoms with Crippen LogP contribution in [0.2, 0.25) is 5.15 Å². The standard InChI is InChI=1S/C29H32ClFN6O4/c1-18-8-6-12-24(25(18)31)37-26(30)21(17-34-37)27(38)36-22-11-4-3-5-14-32-28(39)23(13-15-33-29(40)41-2)35-20-10-7-9-19(22)16-20/h6-12,16-17,23,35H,3-5,13-15H2,1-2H3,(H,32,39)(H,33,40)(H,36,38)/b22-11+/t23-/m0/s1. The van der Waals surface area contributed by atoms with Crippen LogP contribution in [0.4, 0.5) is 14.9 Å². The lowest BCUT2D eigenvalue weighted by atomic mass is 10.1. The highest BCUT2D eigenvalue weighted by Gasteiger charge is 2.22. The summed E-state index contributed by atoms with van der Waals surface area (Å²) in [5.41, 5.74) is 2.60. The number of rotatable bonds is 6. The van der Waals surface area contributed by atoms with E-state index in [1.807, 2.05) is 30.3 Å². The highest BCUT2D eigenvalue weighted by Crippen LogP contribution is 2.25. The van der Waals surface area contributed by atoms with Gasteiger partial charge in [0.15, 0.2) is 5.82 Å². The fourth-order valence-electron chi connectivity index (χ4n) is 4.37. The second kappa shape index (κ2) is 13.8. The summed E-state index contributed by atoms with van der Waals surface area (Å²) in [4.78, 5) is 37.7. The van der Waals surface area contributed by atoms with Gasteiger partial charge in [-0.05, 0) is 61.9 Å². The number of carbonyl (C=O) groups excluding carboxylic acids is 3. The molecule has 1 aliphatic rings. The molecule has 0 saturated heterocycles. The highest BCUT2D eigenvalue weighted by molar-refractivity contribution is 6.33. The van der Waals surface area contributed by atoms with Crippen LogP contribution >= 0.6 is 11.6 Å². The number of ether oxygens (including phenoxy) is 1. The van der Waals surface area contributed by atoms with E-state index in [1.54, 1.807) is 19.1 Å². The summed E-state index contributed by atoms with van der Waals surface area (Å²) in [6, 6.07) is 11.5. The maximum absolute atomic E-state index is 14.7. The number of alkyl carbamates (subject to hydrolysis) is 1. The lowest BCUT2D eigenvalue weighted by Crippen LogP contribution is -2.42. The third-order valence-corrected chi connectivity index (χ3v) is 6.96. The fourth-order valence-corrected chi connectivity index (χ4v) is 4.64. The maximum atomic E-state index is 14.7. The normalized spacial score (nSPS) is 16.9. The number of nitrogens with one attached hydrogen (secondary N) is 4. The van der Waals surface area contributed by atoms with Gasteiger partial charge in [0.25, 0.3) is 5.91 Å². The molecule has 216 valence electrons. The molecule has 4 rings (SSSR count). The number of halogens is 2. The summed E-state index contributed by atoms with van der Waals surface area (Å²) in [6.07, 6.45) is 5.14. The Morgan fingerprint density at radius 1 is 1.22 bits per heavy atom. The van der Waals surface area contributed by atoms with Crippen molar-refractivity contribution in [3.8, 4) is 5.69 Å². The minimum absolute atomic E-state index is 0.0133. The predicted molar refractivity (Wildman–Crippen MR) is 154 cm³/mol. The Bertz CT molecular complexity index is 1460. The Balaban J connectivity index is 1.57. The zero-order chi connectivity index (χ0) is 29.4. The van der Waals surface area contributed by atoms with Gasteiger partial charge in [0.05, 0.1) is 18.9 Å². The van der Waals surface area contributed by atoms with Crippen LogP contribution < -0.4 is 21.3 Å². The molecule has 1 atom stereocenters. The monoisotopic (exact) mass is 582 g/mol. The minimum atomic E-state index is -0.614. The van der Waals surface area contributed by atoms with E-state index >= 15 is 0 Å². The molecule has 0 unspecified atom stereocenters. The van der Waals surface area contributed by atoms with Gasteiger partial charge < -0.3 is 26.0 Å². The largest absolute Gasteiger partial charge is 0.453 e. The van der Waals surface area contributed by atoms with Crippen LogP contribution in [0.15, 0.2) is 54.7 Å². The smallest absolute Gasteiger partial charge is 0.406 e. The second-order valence-corrected chi connectivity index (χ2v) is 9.87. The first-order chi connectivity index (χ1) is 19.8. The number of hydrogen-bond acceptors (Lipinski definition) is 6. The number of benzene rings is 2. The zero-order valence-electron chi connectivity index (χ0n) is 22.8. The summed E-state index contributed by atoms with van der Waals surface area (Å²) in [6.45, 7) is 2.36. The van der Waals surface area contributed by atoms with E-state index in [4.69, 9.17) is 11.6 Å². The van der Waals surface area contributed by atoms with Crippen LogP contribution in [0.3, 0.4) is 0 Å². The molecule has 1 aliphatic heterocycles. The lowest BCUT2D eigenvalue weighted by molar-refractivity contribution is -0.121.